The fourth-order valence-corrected chi connectivity index (χ4v) is 3.88. The quantitative estimate of drug-likeness (QED) is 0.691. The van der Waals surface area contributed by atoms with Gasteiger partial charge in [0.15, 0.2) is 5.82 Å². The molecule has 0 saturated heterocycles. The van der Waals surface area contributed by atoms with E-state index in [1.165, 1.54) is 16.8 Å². The second-order valence-corrected chi connectivity index (χ2v) is 8.31. The zero-order valence-corrected chi connectivity index (χ0v) is 16.2. The van der Waals surface area contributed by atoms with Gasteiger partial charge in [-0.1, -0.05) is 19.0 Å². The predicted octanol–water partition coefficient (Wildman–Crippen LogP) is 2.69. The van der Waals surface area contributed by atoms with Gasteiger partial charge in [0.2, 0.25) is 15.9 Å². The summed E-state index contributed by atoms with van der Waals surface area (Å²) < 4.78 is 49.0. The van der Waals surface area contributed by atoms with Crippen molar-refractivity contribution in [3.63, 3.8) is 0 Å². The van der Waals surface area contributed by atoms with Gasteiger partial charge in [-0.25, -0.2) is 17.5 Å². The number of halogens is 1. The maximum atomic E-state index is 14.5. The highest BCUT2D eigenvalue weighted by atomic mass is 32.2. The first-order chi connectivity index (χ1) is 12.7. The summed E-state index contributed by atoms with van der Waals surface area (Å²) in [5.41, 5.74) is 1.03. The van der Waals surface area contributed by atoms with Gasteiger partial charge in [0.25, 0.3) is 0 Å². The van der Waals surface area contributed by atoms with E-state index in [9.17, 15) is 12.8 Å². The van der Waals surface area contributed by atoms with Gasteiger partial charge in [0.1, 0.15) is 17.5 Å². The maximum Gasteiger partial charge on any atom is 0.245 e. The Hall–Kier alpha value is -2.59. The van der Waals surface area contributed by atoms with Crippen molar-refractivity contribution in [1.29, 1.82) is 0 Å². The highest BCUT2D eigenvalue weighted by molar-refractivity contribution is 7.89. The summed E-state index contributed by atoms with van der Waals surface area (Å²) in [5.74, 6) is -0.290. The van der Waals surface area contributed by atoms with E-state index < -0.39 is 21.9 Å². The van der Waals surface area contributed by atoms with Gasteiger partial charge in [-0.2, -0.15) is 14.8 Å². The molecule has 3 rings (SSSR count). The Labute approximate surface area is 156 Å². The van der Waals surface area contributed by atoms with Crippen LogP contribution in [0.2, 0.25) is 0 Å². The van der Waals surface area contributed by atoms with Gasteiger partial charge >= 0.3 is 0 Å². The summed E-state index contributed by atoms with van der Waals surface area (Å²) >= 11 is 0. The van der Waals surface area contributed by atoms with E-state index in [0.717, 1.165) is 11.6 Å². The third-order valence-corrected chi connectivity index (χ3v) is 5.38. The minimum Gasteiger partial charge on any atom is -0.338 e. The molecule has 1 aromatic carbocycles. The van der Waals surface area contributed by atoms with Crippen molar-refractivity contribution in [1.82, 2.24) is 24.6 Å². The number of nitrogens with one attached hydrogen (secondary N) is 1. The second kappa shape index (κ2) is 7.20. The topological polar surface area (TPSA) is 103 Å². The van der Waals surface area contributed by atoms with Crippen molar-refractivity contribution in [3.05, 3.63) is 53.7 Å². The number of aryl methyl sites for hydroxylation is 2. The molecule has 0 spiro atoms. The molecule has 27 heavy (non-hydrogen) atoms. The minimum atomic E-state index is -4.01. The largest absolute Gasteiger partial charge is 0.338 e. The number of aromatic nitrogens is 4. The van der Waals surface area contributed by atoms with Crippen LogP contribution in [0.5, 0.6) is 0 Å². The van der Waals surface area contributed by atoms with Gasteiger partial charge in [-0.3, -0.25) is 0 Å². The van der Waals surface area contributed by atoms with Crippen molar-refractivity contribution >= 4 is 10.0 Å². The first-order valence-corrected chi connectivity index (χ1v) is 9.79. The average Bonchev–Trinajstić information content (AvgIpc) is 3.21. The number of rotatable bonds is 6. The van der Waals surface area contributed by atoms with Crippen LogP contribution in [0.25, 0.3) is 5.69 Å². The predicted molar refractivity (Wildman–Crippen MR) is 95.2 cm³/mol. The lowest BCUT2D eigenvalue weighted by Crippen LogP contribution is -2.32. The Bertz CT molecular complexity index is 1060. The van der Waals surface area contributed by atoms with Crippen LogP contribution >= 0.6 is 0 Å². The Morgan fingerprint density at radius 2 is 2.00 bits per heavy atom. The smallest absolute Gasteiger partial charge is 0.245 e. The molecule has 0 saturated carbocycles. The molecule has 0 bridgehead atoms. The Balaban J connectivity index is 1.91. The third kappa shape index (κ3) is 4.06. The fraction of sp³-hybridized carbons (Fsp3) is 0.353. The van der Waals surface area contributed by atoms with E-state index >= 15 is 0 Å². The number of nitrogens with zero attached hydrogens (tertiary/aromatic N) is 4. The van der Waals surface area contributed by atoms with Crippen LogP contribution in [0, 0.1) is 25.6 Å². The van der Waals surface area contributed by atoms with Crippen LogP contribution in [0.1, 0.15) is 37.2 Å². The average molecular weight is 393 g/mol. The van der Waals surface area contributed by atoms with Crippen LogP contribution in [0.4, 0.5) is 4.39 Å². The van der Waals surface area contributed by atoms with Crippen LogP contribution in [-0.2, 0) is 10.0 Å². The van der Waals surface area contributed by atoms with Crippen molar-refractivity contribution in [2.75, 3.05) is 0 Å². The summed E-state index contributed by atoms with van der Waals surface area (Å²) in [5, 5.41) is 7.73. The maximum absolute atomic E-state index is 14.5. The van der Waals surface area contributed by atoms with E-state index in [0.29, 0.717) is 5.82 Å². The van der Waals surface area contributed by atoms with Gasteiger partial charge in [-0.15, -0.1) is 0 Å². The van der Waals surface area contributed by atoms with E-state index in [1.54, 1.807) is 19.3 Å². The lowest BCUT2D eigenvalue weighted by Gasteiger charge is -2.18. The second-order valence-electron chi connectivity index (χ2n) is 6.60. The fourth-order valence-electron chi connectivity index (χ4n) is 2.53. The Morgan fingerprint density at radius 3 is 2.52 bits per heavy atom. The molecule has 2 aromatic heterocycles. The molecule has 10 heteroatoms. The van der Waals surface area contributed by atoms with Gasteiger partial charge < -0.3 is 4.52 Å². The van der Waals surface area contributed by atoms with Crippen LogP contribution < -0.4 is 4.72 Å². The zero-order chi connectivity index (χ0) is 19.8. The number of hydrogen-bond donors (Lipinski definition) is 1. The first kappa shape index (κ1) is 19.2. The molecular weight excluding hydrogens is 373 g/mol. The van der Waals surface area contributed by atoms with Crippen LogP contribution in [0.15, 0.2) is 40.0 Å². The van der Waals surface area contributed by atoms with Crippen molar-refractivity contribution in [3.8, 4) is 5.69 Å². The van der Waals surface area contributed by atoms with Crippen LogP contribution in [-0.4, -0.2) is 28.3 Å². The Kier molecular flexibility index (Phi) is 5.11. The molecule has 0 fully saturated rings. The van der Waals surface area contributed by atoms with E-state index in [-0.39, 0.29) is 22.4 Å². The van der Waals surface area contributed by atoms with Crippen molar-refractivity contribution in [2.24, 2.45) is 5.92 Å². The molecule has 144 valence electrons. The first-order valence-electron chi connectivity index (χ1n) is 8.31. The van der Waals surface area contributed by atoms with Crippen LogP contribution in [0.3, 0.4) is 0 Å². The normalized spacial score (nSPS) is 13.3. The van der Waals surface area contributed by atoms with Crippen molar-refractivity contribution < 1.29 is 17.3 Å². The Morgan fingerprint density at radius 1 is 1.26 bits per heavy atom. The summed E-state index contributed by atoms with van der Waals surface area (Å²) in [7, 11) is -4.01. The molecule has 8 nitrogen and oxygen atoms in total. The lowest BCUT2D eigenvalue weighted by molar-refractivity contribution is 0.310. The van der Waals surface area contributed by atoms with E-state index in [4.69, 9.17) is 4.52 Å². The molecule has 0 aliphatic heterocycles. The van der Waals surface area contributed by atoms with E-state index in [2.05, 4.69) is 20.0 Å². The number of sulfonamides is 1. The third-order valence-electron chi connectivity index (χ3n) is 3.95. The molecule has 0 aliphatic carbocycles. The van der Waals surface area contributed by atoms with Gasteiger partial charge in [-0.05, 0) is 43.5 Å². The monoisotopic (exact) mass is 393 g/mol. The van der Waals surface area contributed by atoms with Crippen molar-refractivity contribution in [2.45, 2.75) is 38.6 Å². The molecule has 0 radical (unpaired) electrons. The summed E-state index contributed by atoms with van der Waals surface area (Å²) in [6.45, 7) is 7.10. The molecule has 1 N–H and O–H groups in total. The van der Waals surface area contributed by atoms with Gasteiger partial charge in [0, 0.05) is 6.20 Å². The molecule has 0 amide bonds. The summed E-state index contributed by atoms with van der Waals surface area (Å²) in [6, 6.07) is 2.93. The molecule has 1 atom stereocenters. The molecular formula is C17H20FN5O3S. The molecule has 0 aliphatic rings. The number of hydrogen-bond acceptors (Lipinski definition) is 6. The SMILES string of the molecule is Cc1cnn(-c2ccc(S(=O)(=O)N[C@@H](c3nc(C)no3)C(C)C)cc2F)c1. The highest BCUT2D eigenvalue weighted by Gasteiger charge is 2.28. The highest BCUT2D eigenvalue weighted by Crippen LogP contribution is 2.24. The van der Waals surface area contributed by atoms with Gasteiger partial charge in [0.05, 0.1) is 11.1 Å². The molecule has 2 heterocycles. The molecule has 0 unspecified atom stereocenters. The lowest BCUT2D eigenvalue weighted by atomic mass is 10.1. The summed E-state index contributed by atoms with van der Waals surface area (Å²) in [6.07, 6.45) is 3.24. The number of benzene rings is 1. The van der Waals surface area contributed by atoms with E-state index in [1.807, 2.05) is 20.8 Å². The zero-order valence-electron chi connectivity index (χ0n) is 15.3. The molecule has 3 aromatic rings. The standard InChI is InChI=1S/C17H20FN5O3S/c1-10(2)16(17-20-12(4)21-26-17)22-27(24,25)13-5-6-15(14(18)7-13)23-9-11(3)8-19-23/h5-10,16,22H,1-4H3/t16-/m1/s1. The minimum absolute atomic E-state index is 0.157. The summed E-state index contributed by atoms with van der Waals surface area (Å²) in [4.78, 5) is 3.89.